The first kappa shape index (κ1) is 13.3. The molecule has 3 heteroatoms. The average molecular weight is 271 g/mol. The Bertz CT molecular complexity index is 544. The summed E-state index contributed by atoms with van der Waals surface area (Å²) in [5.74, 6) is 2.60. The van der Waals surface area contributed by atoms with Gasteiger partial charge < -0.3 is 14.5 Å². The monoisotopic (exact) mass is 271 g/mol. The van der Waals surface area contributed by atoms with Crippen LogP contribution >= 0.6 is 0 Å². The first-order valence-electron chi connectivity index (χ1n) is 7.19. The highest BCUT2D eigenvalue weighted by atomic mass is 16.5. The highest BCUT2D eigenvalue weighted by Gasteiger charge is 2.31. The SMILES string of the molecule is COc1cccc(C2CC(NC(C)c3ccco3)C2)c1. The van der Waals surface area contributed by atoms with Crippen LogP contribution < -0.4 is 10.1 Å². The Morgan fingerprint density at radius 1 is 1.25 bits per heavy atom. The van der Waals surface area contributed by atoms with Crippen molar-refractivity contribution in [3.8, 4) is 5.75 Å². The maximum Gasteiger partial charge on any atom is 0.120 e. The summed E-state index contributed by atoms with van der Waals surface area (Å²) in [6, 6.07) is 13.2. The first-order chi connectivity index (χ1) is 9.76. The van der Waals surface area contributed by atoms with Gasteiger partial charge in [-0.2, -0.15) is 0 Å². The van der Waals surface area contributed by atoms with Gasteiger partial charge in [-0.25, -0.2) is 0 Å². The summed E-state index contributed by atoms with van der Waals surface area (Å²) in [4.78, 5) is 0. The van der Waals surface area contributed by atoms with E-state index in [0.29, 0.717) is 12.0 Å². The minimum absolute atomic E-state index is 0.279. The van der Waals surface area contributed by atoms with Crippen LogP contribution in [0.15, 0.2) is 47.1 Å². The second kappa shape index (κ2) is 5.71. The van der Waals surface area contributed by atoms with Crippen LogP contribution in [0.5, 0.6) is 5.75 Å². The Morgan fingerprint density at radius 3 is 2.80 bits per heavy atom. The van der Waals surface area contributed by atoms with Crippen molar-refractivity contribution in [1.82, 2.24) is 5.32 Å². The number of hydrogen-bond acceptors (Lipinski definition) is 3. The van der Waals surface area contributed by atoms with Crippen LogP contribution in [0.2, 0.25) is 0 Å². The summed E-state index contributed by atoms with van der Waals surface area (Å²) in [5, 5.41) is 3.62. The molecule has 3 rings (SSSR count). The normalized spacial score (nSPS) is 23.1. The summed E-state index contributed by atoms with van der Waals surface area (Å²) < 4.78 is 10.7. The first-order valence-corrected chi connectivity index (χ1v) is 7.19. The molecule has 0 amide bonds. The molecule has 20 heavy (non-hydrogen) atoms. The summed E-state index contributed by atoms with van der Waals surface area (Å²) in [5.41, 5.74) is 1.38. The minimum Gasteiger partial charge on any atom is -0.497 e. The van der Waals surface area contributed by atoms with Crippen molar-refractivity contribution in [3.63, 3.8) is 0 Å². The average Bonchev–Trinajstić information content (AvgIpc) is 2.96. The zero-order valence-corrected chi connectivity index (χ0v) is 12.0. The number of benzene rings is 1. The Kier molecular flexibility index (Phi) is 3.79. The molecule has 1 fully saturated rings. The van der Waals surface area contributed by atoms with Gasteiger partial charge in [0.05, 0.1) is 19.4 Å². The summed E-state index contributed by atoms with van der Waals surface area (Å²) in [7, 11) is 1.72. The van der Waals surface area contributed by atoms with E-state index in [4.69, 9.17) is 9.15 Å². The molecule has 0 bridgehead atoms. The fourth-order valence-electron chi connectivity index (χ4n) is 2.89. The molecule has 2 aromatic rings. The minimum atomic E-state index is 0.279. The van der Waals surface area contributed by atoms with Crippen LogP contribution in [0.25, 0.3) is 0 Å². The van der Waals surface area contributed by atoms with E-state index in [1.54, 1.807) is 13.4 Å². The van der Waals surface area contributed by atoms with Gasteiger partial charge in [-0.15, -0.1) is 0 Å². The van der Waals surface area contributed by atoms with Gasteiger partial charge in [-0.3, -0.25) is 0 Å². The van der Waals surface area contributed by atoms with Crippen molar-refractivity contribution in [3.05, 3.63) is 54.0 Å². The Labute approximate surface area is 119 Å². The molecular weight excluding hydrogens is 250 g/mol. The molecule has 1 aromatic heterocycles. The number of furan rings is 1. The second-order valence-electron chi connectivity index (χ2n) is 5.55. The predicted octanol–water partition coefficient (Wildman–Crippen LogP) is 3.89. The summed E-state index contributed by atoms with van der Waals surface area (Å²) >= 11 is 0. The number of ether oxygens (including phenoxy) is 1. The maximum atomic E-state index is 5.43. The molecule has 0 aliphatic heterocycles. The number of nitrogens with one attached hydrogen (secondary N) is 1. The lowest BCUT2D eigenvalue weighted by atomic mass is 9.75. The van der Waals surface area contributed by atoms with Crippen molar-refractivity contribution in [2.75, 3.05) is 7.11 Å². The quantitative estimate of drug-likeness (QED) is 0.896. The predicted molar refractivity (Wildman–Crippen MR) is 79.0 cm³/mol. The Hall–Kier alpha value is -1.74. The molecule has 0 spiro atoms. The van der Waals surface area contributed by atoms with Crippen molar-refractivity contribution in [1.29, 1.82) is 0 Å². The molecule has 1 aliphatic rings. The smallest absolute Gasteiger partial charge is 0.120 e. The molecule has 1 aliphatic carbocycles. The van der Waals surface area contributed by atoms with E-state index >= 15 is 0 Å². The fourth-order valence-corrected chi connectivity index (χ4v) is 2.89. The van der Waals surface area contributed by atoms with Crippen molar-refractivity contribution in [2.45, 2.75) is 37.8 Å². The van der Waals surface area contributed by atoms with E-state index in [1.165, 1.54) is 18.4 Å². The van der Waals surface area contributed by atoms with Crippen LogP contribution in [-0.4, -0.2) is 13.2 Å². The zero-order valence-electron chi connectivity index (χ0n) is 12.0. The second-order valence-corrected chi connectivity index (χ2v) is 5.55. The lowest BCUT2D eigenvalue weighted by Gasteiger charge is -2.38. The van der Waals surface area contributed by atoms with Crippen LogP contribution in [0, 0.1) is 0 Å². The van der Waals surface area contributed by atoms with Gasteiger partial charge in [0, 0.05) is 6.04 Å². The lowest BCUT2D eigenvalue weighted by Crippen LogP contribution is -2.41. The van der Waals surface area contributed by atoms with Crippen molar-refractivity contribution >= 4 is 0 Å². The zero-order chi connectivity index (χ0) is 13.9. The van der Waals surface area contributed by atoms with Crippen LogP contribution in [0.3, 0.4) is 0 Å². The third-order valence-electron chi connectivity index (χ3n) is 4.16. The molecule has 0 saturated heterocycles. The summed E-state index contributed by atoms with van der Waals surface area (Å²) in [6.45, 7) is 2.15. The van der Waals surface area contributed by atoms with Gasteiger partial charge in [0.25, 0.3) is 0 Å². The Morgan fingerprint density at radius 2 is 2.10 bits per heavy atom. The molecule has 0 radical (unpaired) electrons. The molecule has 1 saturated carbocycles. The molecular formula is C17H21NO2. The van der Waals surface area contributed by atoms with E-state index in [9.17, 15) is 0 Å². The largest absolute Gasteiger partial charge is 0.497 e. The highest BCUT2D eigenvalue weighted by molar-refractivity contribution is 5.32. The van der Waals surface area contributed by atoms with Crippen molar-refractivity contribution < 1.29 is 9.15 Å². The van der Waals surface area contributed by atoms with E-state index in [0.717, 1.165) is 11.5 Å². The molecule has 1 aromatic carbocycles. The van der Waals surface area contributed by atoms with Crippen LogP contribution in [0.1, 0.15) is 43.0 Å². The summed E-state index contributed by atoms with van der Waals surface area (Å²) in [6.07, 6.45) is 4.09. The van der Waals surface area contributed by atoms with Crippen LogP contribution in [0.4, 0.5) is 0 Å². The standard InChI is InChI=1S/C17H21NO2/c1-12(17-7-4-8-20-17)18-15-9-14(10-15)13-5-3-6-16(11-13)19-2/h3-8,11-12,14-15,18H,9-10H2,1-2H3. The van der Waals surface area contributed by atoms with Crippen LogP contribution in [-0.2, 0) is 0 Å². The van der Waals surface area contributed by atoms with Crippen molar-refractivity contribution in [2.24, 2.45) is 0 Å². The highest BCUT2D eigenvalue weighted by Crippen LogP contribution is 2.38. The third-order valence-corrected chi connectivity index (χ3v) is 4.16. The molecule has 1 atom stereocenters. The number of hydrogen-bond donors (Lipinski definition) is 1. The maximum absolute atomic E-state index is 5.43. The molecule has 106 valence electrons. The topological polar surface area (TPSA) is 34.4 Å². The van der Waals surface area contributed by atoms with Gasteiger partial charge in [0.2, 0.25) is 0 Å². The van der Waals surface area contributed by atoms with Gasteiger partial charge in [0.15, 0.2) is 0 Å². The molecule has 3 nitrogen and oxygen atoms in total. The van der Waals surface area contributed by atoms with E-state index in [1.807, 2.05) is 18.2 Å². The molecule has 1 unspecified atom stereocenters. The van der Waals surface area contributed by atoms with E-state index in [2.05, 4.69) is 30.4 Å². The van der Waals surface area contributed by atoms with E-state index < -0.39 is 0 Å². The van der Waals surface area contributed by atoms with Gasteiger partial charge in [-0.05, 0) is 55.5 Å². The molecule has 1 N–H and O–H groups in total. The lowest BCUT2D eigenvalue weighted by molar-refractivity contribution is 0.258. The van der Waals surface area contributed by atoms with Gasteiger partial charge in [-0.1, -0.05) is 12.1 Å². The fraction of sp³-hybridized carbons (Fsp3) is 0.412. The molecule has 1 heterocycles. The Balaban J connectivity index is 1.53. The number of methoxy groups -OCH3 is 1. The van der Waals surface area contributed by atoms with E-state index in [-0.39, 0.29) is 6.04 Å². The van der Waals surface area contributed by atoms with Gasteiger partial charge >= 0.3 is 0 Å². The number of rotatable bonds is 5. The van der Waals surface area contributed by atoms with Gasteiger partial charge in [0.1, 0.15) is 11.5 Å². The third kappa shape index (κ3) is 2.73.